The molecule has 0 radical (unpaired) electrons. The van der Waals surface area contributed by atoms with Crippen LogP contribution in [0.3, 0.4) is 0 Å². The monoisotopic (exact) mass is 210 g/mol. The fraction of sp³-hybridized carbons (Fsp3) is 0.818. The van der Waals surface area contributed by atoms with Crippen LogP contribution in [-0.2, 0) is 13.0 Å². The molecule has 1 aromatic rings. The number of rotatable bonds is 6. The van der Waals surface area contributed by atoms with E-state index in [1.807, 2.05) is 4.68 Å². The standard InChI is InChI=1S/C11H22N4/c1-4-5-15-11(13-8-14-15)6-9(2)10(3)7-12/h8-10H,4-7,12H2,1-3H3. The Morgan fingerprint density at radius 1 is 1.40 bits per heavy atom. The van der Waals surface area contributed by atoms with Gasteiger partial charge in [0, 0.05) is 13.0 Å². The second-order valence-corrected chi connectivity index (χ2v) is 4.29. The summed E-state index contributed by atoms with van der Waals surface area (Å²) >= 11 is 0. The molecular weight excluding hydrogens is 188 g/mol. The molecule has 0 aliphatic carbocycles. The van der Waals surface area contributed by atoms with Crippen LogP contribution in [0.2, 0.25) is 0 Å². The van der Waals surface area contributed by atoms with Gasteiger partial charge in [-0.3, -0.25) is 4.68 Å². The fourth-order valence-corrected chi connectivity index (χ4v) is 1.57. The SMILES string of the molecule is CCCn1ncnc1CC(C)C(C)CN. The first-order valence-electron chi connectivity index (χ1n) is 5.75. The van der Waals surface area contributed by atoms with Crippen molar-refractivity contribution < 1.29 is 0 Å². The minimum atomic E-state index is 0.539. The summed E-state index contributed by atoms with van der Waals surface area (Å²) in [5.74, 6) is 2.19. The largest absolute Gasteiger partial charge is 0.330 e. The van der Waals surface area contributed by atoms with Crippen LogP contribution in [0.25, 0.3) is 0 Å². The summed E-state index contributed by atoms with van der Waals surface area (Å²) in [6, 6.07) is 0. The first-order valence-corrected chi connectivity index (χ1v) is 5.75. The van der Waals surface area contributed by atoms with E-state index in [1.165, 1.54) is 0 Å². The van der Waals surface area contributed by atoms with Crippen LogP contribution in [0.5, 0.6) is 0 Å². The molecule has 0 aliphatic rings. The molecule has 2 unspecified atom stereocenters. The summed E-state index contributed by atoms with van der Waals surface area (Å²) in [6.07, 6.45) is 3.71. The van der Waals surface area contributed by atoms with E-state index in [-0.39, 0.29) is 0 Å². The third-order valence-corrected chi connectivity index (χ3v) is 2.98. The zero-order valence-electron chi connectivity index (χ0n) is 9.98. The first-order chi connectivity index (χ1) is 7.19. The van der Waals surface area contributed by atoms with E-state index in [0.29, 0.717) is 11.8 Å². The van der Waals surface area contributed by atoms with Crippen molar-refractivity contribution in [3.05, 3.63) is 12.2 Å². The van der Waals surface area contributed by atoms with Gasteiger partial charge in [-0.15, -0.1) is 0 Å². The van der Waals surface area contributed by atoms with Gasteiger partial charge in [0.1, 0.15) is 12.2 Å². The topological polar surface area (TPSA) is 56.7 Å². The zero-order valence-corrected chi connectivity index (χ0v) is 9.98. The van der Waals surface area contributed by atoms with Crippen molar-refractivity contribution >= 4 is 0 Å². The predicted octanol–water partition coefficient (Wildman–Crippen LogP) is 1.46. The van der Waals surface area contributed by atoms with Gasteiger partial charge in [-0.05, 0) is 24.8 Å². The normalized spacial score (nSPS) is 15.2. The Morgan fingerprint density at radius 2 is 2.13 bits per heavy atom. The van der Waals surface area contributed by atoms with Crippen molar-refractivity contribution in [1.82, 2.24) is 14.8 Å². The van der Waals surface area contributed by atoms with Crippen molar-refractivity contribution in [3.63, 3.8) is 0 Å². The van der Waals surface area contributed by atoms with Crippen LogP contribution < -0.4 is 5.73 Å². The van der Waals surface area contributed by atoms with Crippen LogP contribution in [0.4, 0.5) is 0 Å². The van der Waals surface area contributed by atoms with Gasteiger partial charge in [-0.25, -0.2) is 4.98 Å². The highest BCUT2D eigenvalue weighted by molar-refractivity contribution is 4.87. The summed E-state index contributed by atoms with van der Waals surface area (Å²) in [4.78, 5) is 4.30. The van der Waals surface area contributed by atoms with Crippen LogP contribution in [0, 0.1) is 11.8 Å². The molecule has 86 valence electrons. The van der Waals surface area contributed by atoms with Crippen molar-refractivity contribution in [3.8, 4) is 0 Å². The number of nitrogens with zero attached hydrogens (tertiary/aromatic N) is 3. The number of nitrogens with two attached hydrogens (primary N) is 1. The van der Waals surface area contributed by atoms with Crippen molar-refractivity contribution in [2.75, 3.05) is 6.54 Å². The Morgan fingerprint density at radius 3 is 2.73 bits per heavy atom. The highest BCUT2D eigenvalue weighted by atomic mass is 15.3. The molecule has 0 bridgehead atoms. The van der Waals surface area contributed by atoms with E-state index < -0.39 is 0 Å². The molecule has 1 aromatic heterocycles. The summed E-state index contributed by atoms with van der Waals surface area (Å²) in [5.41, 5.74) is 5.66. The van der Waals surface area contributed by atoms with E-state index in [1.54, 1.807) is 6.33 Å². The van der Waals surface area contributed by atoms with Gasteiger partial charge in [0.2, 0.25) is 0 Å². The van der Waals surface area contributed by atoms with Gasteiger partial charge in [0.15, 0.2) is 0 Å². The van der Waals surface area contributed by atoms with Crippen LogP contribution in [0.1, 0.15) is 33.0 Å². The lowest BCUT2D eigenvalue weighted by molar-refractivity contribution is 0.378. The molecule has 0 saturated carbocycles. The maximum Gasteiger partial charge on any atom is 0.138 e. The highest BCUT2D eigenvalue weighted by Gasteiger charge is 2.14. The third kappa shape index (κ3) is 3.30. The Hall–Kier alpha value is -0.900. The fourth-order valence-electron chi connectivity index (χ4n) is 1.57. The molecule has 0 saturated heterocycles. The Balaban J connectivity index is 2.59. The van der Waals surface area contributed by atoms with E-state index in [0.717, 1.165) is 31.8 Å². The van der Waals surface area contributed by atoms with Gasteiger partial charge >= 0.3 is 0 Å². The molecule has 15 heavy (non-hydrogen) atoms. The molecule has 0 aliphatic heterocycles. The lowest BCUT2D eigenvalue weighted by atomic mass is 9.93. The third-order valence-electron chi connectivity index (χ3n) is 2.98. The van der Waals surface area contributed by atoms with Crippen LogP contribution in [0.15, 0.2) is 6.33 Å². The van der Waals surface area contributed by atoms with Crippen LogP contribution >= 0.6 is 0 Å². The molecule has 4 heteroatoms. The maximum atomic E-state index is 5.66. The minimum Gasteiger partial charge on any atom is -0.330 e. The predicted molar refractivity (Wildman–Crippen MR) is 61.4 cm³/mol. The van der Waals surface area contributed by atoms with Gasteiger partial charge < -0.3 is 5.73 Å². The first kappa shape index (κ1) is 12.2. The lowest BCUT2D eigenvalue weighted by Gasteiger charge is -2.17. The second-order valence-electron chi connectivity index (χ2n) is 4.29. The summed E-state index contributed by atoms with van der Waals surface area (Å²) in [7, 11) is 0. The van der Waals surface area contributed by atoms with Crippen molar-refractivity contribution in [2.45, 2.75) is 40.2 Å². The van der Waals surface area contributed by atoms with E-state index in [4.69, 9.17) is 5.73 Å². The van der Waals surface area contributed by atoms with Gasteiger partial charge in [0.05, 0.1) is 0 Å². The minimum absolute atomic E-state index is 0.539. The highest BCUT2D eigenvalue weighted by Crippen LogP contribution is 2.14. The quantitative estimate of drug-likeness (QED) is 0.773. The molecule has 2 atom stereocenters. The van der Waals surface area contributed by atoms with E-state index >= 15 is 0 Å². The van der Waals surface area contributed by atoms with Gasteiger partial charge in [0.25, 0.3) is 0 Å². The molecular formula is C11H22N4. The second kappa shape index (κ2) is 5.85. The smallest absolute Gasteiger partial charge is 0.138 e. The number of hydrogen-bond donors (Lipinski definition) is 1. The number of aromatic nitrogens is 3. The van der Waals surface area contributed by atoms with Crippen LogP contribution in [-0.4, -0.2) is 21.3 Å². The lowest BCUT2D eigenvalue weighted by Crippen LogP contribution is -2.21. The summed E-state index contributed by atoms with van der Waals surface area (Å²) in [6.45, 7) is 8.26. The number of aryl methyl sites for hydroxylation is 1. The summed E-state index contributed by atoms with van der Waals surface area (Å²) < 4.78 is 2.00. The van der Waals surface area contributed by atoms with Gasteiger partial charge in [-0.2, -0.15) is 5.10 Å². The van der Waals surface area contributed by atoms with E-state index in [9.17, 15) is 0 Å². The molecule has 0 spiro atoms. The van der Waals surface area contributed by atoms with Crippen molar-refractivity contribution in [2.24, 2.45) is 17.6 Å². The average Bonchev–Trinajstić information content (AvgIpc) is 2.65. The van der Waals surface area contributed by atoms with Crippen molar-refractivity contribution in [1.29, 1.82) is 0 Å². The summed E-state index contributed by atoms with van der Waals surface area (Å²) in [5, 5.41) is 4.22. The Kier molecular flexibility index (Phi) is 4.75. The zero-order chi connectivity index (χ0) is 11.3. The Bertz CT molecular complexity index is 282. The number of hydrogen-bond acceptors (Lipinski definition) is 3. The Labute approximate surface area is 91.9 Å². The molecule has 0 fully saturated rings. The molecule has 1 rings (SSSR count). The van der Waals surface area contributed by atoms with E-state index in [2.05, 4.69) is 30.9 Å². The molecule has 0 aromatic carbocycles. The van der Waals surface area contributed by atoms with Gasteiger partial charge in [-0.1, -0.05) is 20.8 Å². The molecule has 0 amide bonds. The average molecular weight is 210 g/mol. The maximum absolute atomic E-state index is 5.66. The molecule has 4 nitrogen and oxygen atoms in total. The molecule has 1 heterocycles. The molecule has 2 N–H and O–H groups in total.